The molecule has 1 aliphatic rings. The van der Waals surface area contributed by atoms with Gasteiger partial charge in [-0.1, -0.05) is 0 Å². The Labute approximate surface area is 125 Å². The van der Waals surface area contributed by atoms with Crippen molar-refractivity contribution >= 4 is 25.5 Å². The van der Waals surface area contributed by atoms with Gasteiger partial charge in [0, 0.05) is 18.8 Å². The second kappa shape index (κ2) is 5.58. The highest BCUT2D eigenvalue weighted by molar-refractivity contribution is 7.91. The van der Waals surface area contributed by atoms with E-state index in [0.717, 1.165) is 11.1 Å². The van der Waals surface area contributed by atoms with Gasteiger partial charge in [-0.05, 0) is 43.5 Å². The molecule has 2 N–H and O–H groups in total. The first kappa shape index (κ1) is 16.3. The van der Waals surface area contributed by atoms with E-state index in [2.05, 4.69) is 0 Å². The van der Waals surface area contributed by atoms with Crippen LogP contribution in [0, 0.1) is 13.8 Å². The van der Waals surface area contributed by atoms with Gasteiger partial charge < -0.3 is 5.73 Å². The van der Waals surface area contributed by atoms with Crippen LogP contribution >= 0.6 is 0 Å². The lowest BCUT2D eigenvalue weighted by molar-refractivity contribution is 0.434. The van der Waals surface area contributed by atoms with Gasteiger partial charge in [0.1, 0.15) is 0 Å². The Morgan fingerprint density at radius 1 is 1.14 bits per heavy atom. The quantitative estimate of drug-likeness (QED) is 0.804. The minimum Gasteiger partial charge on any atom is -0.398 e. The summed E-state index contributed by atoms with van der Waals surface area (Å²) in [6, 6.07) is 3.03. The first-order valence-corrected chi connectivity index (χ1v) is 9.97. The van der Waals surface area contributed by atoms with E-state index in [0.29, 0.717) is 12.1 Å². The number of benzene rings is 1. The average molecular weight is 332 g/mol. The molecule has 0 aliphatic carbocycles. The van der Waals surface area contributed by atoms with Crippen LogP contribution in [0.25, 0.3) is 0 Å². The van der Waals surface area contributed by atoms with Gasteiger partial charge in [-0.25, -0.2) is 16.8 Å². The van der Waals surface area contributed by atoms with Crippen LogP contribution in [0.2, 0.25) is 0 Å². The Kier molecular flexibility index (Phi) is 4.32. The van der Waals surface area contributed by atoms with Gasteiger partial charge in [0.15, 0.2) is 9.84 Å². The molecule has 0 atom stereocenters. The lowest BCUT2D eigenvalue weighted by Crippen LogP contribution is -2.33. The summed E-state index contributed by atoms with van der Waals surface area (Å²) >= 11 is 0. The first-order chi connectivity index (χ1) is 9.63. The lowest BCUT2D eigenvalue weighted by Gasteiger charge is -2.20. The molecular formula is C13H20N2O4S2. The molecule has 6 nitrogen and oxygen atoms in total. The Bertz CT molecular complexity index is 731. The van der Waals surface area contributed by atoms with E-state index in [-0.39, 0.29) is 29.5 Å². The summed E-state index contributed by atoms with van der Waals surface area (Å²) in [5, 5.41) is 0. The number of hydrogen-bond acceptors (Lipinski definition) is 5. The largest absolute Gasteiger partial charge is 0.398 e. The SMILES string of the molecule is Cc1cc(S(=O)(=O)N2CCCS(=O)(=O)CC2)cc(N)c1C. The predicted molar refractivity (Wildman–Crippen MR) is 82.4 cm³/mol. The molecule has 1 heterocycles. The number of anilines is 1. The van der Waals surface area contributed by atoms with Crippen molar-refractivity contribution in [1.82, 2.24) is 4.31 Å². The highest BCUT2D eigenvalue weighted by atomic mass is 32.2. The van der Waals surface area contributed by atoms with Gasteiger partial charge >= 0.3 is 0 Å². The van der Waals surface area contributed by atoms with E-state index in [9.17, 15) is 16.8 Å². The minimum atomic E-state index is -3.71. The van der Waals surface area contributed by atoms with Crippen molar-refractivity contribution in [2.24, 2.45) is 0 Å². The van der Waals surface area contributed by atoms with Crippen molar-refractivity contribution in [2.75, 3.05) is 30.3 Å². The van der Waals surface area contributed by atoms with E-state index in [1.54, 1.807) is 13.0 Å². The third-order valence-corrected chi connectivity index (χ3v) is 7.43. The fourth-order valence-corrected chi connectivity index (χ4v) is 5.29. The summed E-state index contributed by atoms with van der Waals surface area (Å²) in [6.45, 7) is 3.85. The monoisotopic (exact) mass is 332 g/mol. The molecule has 1 aromatic rings. The van der Waals surface area contributed by atoms with Crippen LogP contribution in [0.5, 0.6) is 0 Å². The van der Waals surface area contributed by atoms with Crippen LogP contribution in [0.4, 0.5) is 5.69 Å². The predicted octanol–water partition coefficient (Wildman–Crippen LogP) is 0.695. The highest BCUT2D eigenvalue weighted by Crippen LogP contribution is 2.25. The van der Waals surface area contributed by atoms with Gasteiger partial charge in [-0.2, -0.15) is 4.31 Å². The van der Waals surface area contributed by atoms with Crippen LogP contribution in [0.3, 0.4) is 0 Å². The maximum Gasteiger partial charge on any atom is 0.243 e. The third kappa shape index (κ3) is 3.38. The molecule has 0 amide bonds. The molecule has 0 unspecified atom stereocenters. The Balaban J connectivity index is 2.38. The van der Waals surface area contributed by atoms with E-state index in [1.807, 2.05) is 6.92 Å². The van der Waals surface area contributed by atoms with Gasteiger partial charge in [0.25, 0.3) is 0 Å². The third-order valence-electron chi connectivity index (χ3n) is 3.83. The molecule has 1 saturated heterocycles. The van der Waals surface area contributed by atoms with Crippen molar-refractivity contribution in [3.05, 3.63) is 23.3 Å². The Morgan fingerprint density at radius 2 is 1.81 bits per heavy atom. The fraction of sp³-hybridized carbons (Fsp3) is 0.538. The number of nitrogens with two attached hydrogens (primary N) is 1. The van der Waals surface area contributed by atoms with E-state index < -0.39 is 19.9 Å². The van der Waals surface area contributed by atoms with Crippen LogP contribution < -0.4 is 5.73 Å². The second-order valence-corrected chi connectivity index (χ2v) is 9.61. The van der Waals surface area contributed by atoms with Gasteiger partial charge in [-0.3, -0.25) is 0 Å². The van der Waals surface area contributed by atoms with Crippen molar-refractivity contribution in [2.45, 2.75) is 25.2 Å². The van der Waals surface area contributed by atoms with Crippen molar-refractivity contribution in [3.63, 3.8) is 0 Å². The summed E-state index contributed by atoms with van der Waals surface area (Å²) in [5.74, 6) is -0.0966. The summed E-state index contributed by atoms with van der Waals surface area (Å²) in [5.41, 5.74) is 7.93. The molecule has 1 fully saturated rings. The van der Waals surface area contributed by atoms with E-state index in [1.165, 1.54) is 10.4 Å². The van der Waals surface area contributed by atoms with E-state index in [4.69, 9.17) is 5.73 Å². The molecule has 2 rings (SSSR count). The number of nitrogen functional groups attached to an aromatic ring is 1. The van der Waals surface area contributed by atoms with Crippen LogP contribution in [-0.4, -0.2) is 45.7 Å². The van der Waals surface area contributed by atoms with Crippen LogP contribution in [-0.2, 0) is 19.9 Å². The minimum absolute atomic E-state index is 0.00248. The van der Waals surface area contributed by atoms with Gasteiger partial charge in [-0.15, -0.1) is 0 Å². The number of nitrogens with zero attached hydrogens (tertiary/aromatic N) is 1. The van der Waals surface area contributed by atoms with E-state index >= 15 is 0 Å². The standard InChI is InChI=1S/C13H20N2O4S2/c1-10-8-12(9-13(14)11(10)2)21(18,19)15-4-3-6-20(16,17)7-5-15/h8-9H,3-7,14H2,1-2H3. The second-order valence-electron chi connectivity index (χ2n) is 5.36. The zero-order chi connectivity index (χ0) is 15.8. The number of hydrogen-bond donors (Lipinski definition) is 1. The average Bonchev–Trinajstić information content (AvgIpc) is 2.56. The molecule has 118 valence electrons. The molecule has 0 aromatic heterocycles. The molecule has 0 bridgehead atoms. The number of sulfonamides is 1. The summed E-state index contributed by atoms with van der Waals surface area (Å²) in [7, 11) is -6.86. The molecule has 0 spiro atoms. The Hall–Kier alpha value is -1.12. The summed E-state index contributed by atoms with van der Waals surface area (Å²) in [6.07, 6.45) is 0.321. The molecule has 21 heavy (non-hydrogen) atoms. The van der Waals surface area contributed by atoms with Crippen molar-refractivity contribution in [3.8, 4) is 0 Å². The number of rotatable bonds is 2. The molecular weight excluding hydrogens is 312 g/mol. The lowest BCUT2D eigenvalue weighted by atomic mass is 10.1. The Morgan fingerprint density at radius 3 is 2.43 bits per heavy atom. The zero-order valence-electron chi connectivity index (χ0n) is 12.2. The van der Waals surface area contributed by atoms with Gasteiger partial charge in [0.05, 0.1) is 16.4 Å². The first-order valence-electron chi connectivity index (χ1n) is 6.71. The molecule has 0 radical (unpaired) electrons. The zero-order valence-corrected chi connectivity index (χ0v) is 13.8. The molecule has 8 heteroatoms. The van der Waals surface area contributed by atoms with Gasteiger partial charge in [0.2, 0.25) is 10.0 Å². The highest BCUT2D eigenvalue weighted by Gasteiger charge is 2.29. The number of aryl methyl sites for hydroxylation is 1. The summed E-state index contributed by atoms with van der Waals surface area (Å²) in [4.78, 5) is 0.127. The van der Waals surface area contributed by atoms with Crippen molar-refractivity contribution in [1.29, 1.82) is 0 Å². The smallest absolute Gasteiger partial charge is 0.243 e. The maximum atomic E-state index is 12.6. The maximum absolute atomic E-state index is 12.6. The van der Waals surface area contributed by atoms with Crippen LogP contribution in [0.1, 0.15) is 17.5 Å². The summed E-state index contributed by atoms with van der Waals surface area (Å²) < 4.78 is 49.7. The molecule has 0 saturated carbocycles. The van der Waals surface area contributed by atoms with Crippen LogP contribution in [0.15, 0.2) is 17.0 Å². The topological polar surface area (TPSA) is 97.5 Å². The fourth-order valence-electron chi connectivity index (χ4n) is 2.31. The van der Waals surface area contributed by atoms with Crippen molar-refractivity contribution < 1.29 is 16.8 Å². The molecule has 1 aromatic carbocycles. The number of sulfone groups is 1. The molecule has 1 aliphatic heterocycles. The normalized spacial score (nSPS) is 20.1.